The lowest BCUT2D eigenvalue weighted by molar-refractivity contribution is 0.507. The van der Waals surface area contributed by atoms with Crippen LogP contribution in [-0.4, -0.2) is 22.1 Å². The van der Waals surface area contributed by atoms with Crippen molar-refractivity contribution in [3.8, 4) is 0 Å². The fourth-order valence-electron chi connectivity index (χ4n) is 2.34. The molecule has 0 radical (unpaired) electrons. The minimum Gasteiger partial charge on any atom is -0.338 e. The number of aryl methyl sites for hydroxylation is 1. The number of hydrogen-bond donors (Lipinski definition) is 1. The summed E-state index contributed by atoms with van der Waals surface area (Å²) in [5, 5.41) is 3.61. The molecule has 1 aromatic rings. The standard InChI is InChI=1S/C14H23N3/c1-17-12-11-16-14(17)9-10-15-13-7-5-3-2-4-6-8-13/h5,7,11-13,15H,2-4,6,8-10H2,1H3/b7-5+. The Hall–Kier alpha value is -1.09. The lowest BCUT2D eigenvalue weighted by atomic mass is 10.0. The van der Waals surface area contributed by atoms with Gasteiger partial charge >= 0.3 is 0 Å². The molecular formula is C14H23N3. The van der Waals surface area contributed by atoms with E-state index < -0.39 is 0 Å². The monoisotopic (exact) mass is 233 g/mol. The molecule has 3 heteroatoms. The zero-order chi connectivity index (χ0) is 11.9. The van der Waals surface area contributed by atoms with E-state index in [9.17, 15) is 0 Å². The predicted octanol–water partition coefficient (Wildman–Crippen LogP) is 2.44. The van der Waals surface area contributed by atoms with E-state index in [2.05, 4.69) is 34.1 Å². The van der Waals surface area contributed by atoms with Crippen molar-refractivity contribution in [2.75, 3.05) is 6.54 Å². The Labute approximate surface area is 104 Å². The Balaban J connectivity index is 1.73. The van der Waals surface area contributed by atoms with Crippen molar-refractivity contribution in [3.05, 3.63) is 30.4 Å². The van der Waals surface area contributed by atoms with Crippen molar-refractivity contribution in [1.82, 2.24) is 14.9 Å². The Morgan fingerprint density at radius 1 is 1.41 bits per heavy atom. The number of imidazole rings is 1. The van der Waals surface area contributed by atoms with E-state index in [0.717, 1.165) is 18.8 Å². The molecule has 3 nitrogen and oxygen atoms in total. The molecule has 0 aliphatic heterocycles. The van der Waals surface area contributed by atoms with Gasteiger partial charge in [0.2, 0.25) is 0 Å². The van der Waals surface area contributed by atoms with Gasteiger partial charge in [-0.25, -0.2) is 4.98 Å². The van der Waals surface area contributed by atoms with Crippen LogP contribution in [0.4, 0.5) is 0 Å². The Morgan fingerprint density at radius 2 is 2.35 bits per heavy atom. The van der Waals surface area contributed by atoms with Crippen LogP contribution in [0.3, 0.4) is 0 Å². The topological polar surface area (TPSA) is 29.9 Å². The third-order valence-electron chi connectivity index (χ3n) is 3.43. The van der Waals surface area contributed by atoms with Crippen LogP contribution in [0.25, 0.3) is 0 Å². The average Bonchev–Trinajstić information content (AvgIpc) is 2.67. The summed E-state index contributed by atoms with van der Waals surface area (Å²) in [5.74, 6) is 1.16. The molecule has 94 valence electrons. The van der Waals surface area contributed by atoms with Gasteiger partial charge in [-0.2, -0.15) is 0 Å². The second-order valence-electron chi connectivity index (χ2n) is 4.83. The van der Waals surface area contributed by atoms with Gasteiger partial charge in [-0.05, 0) is 19.3 Å². The number of hydrogen-bond acceptors (Lipinski definition) is 2. The summed E-state index contributed by atoms with van der Waals surface area (Å²) in [7, 11) is 2.05. The van der Waals surface area contributed by atoms with Crippen LogP contribution in [0.15, 0.2) is 24.5 Å². The van der Waals surface area contributed by atoms with Crippen molar-refractivity contribution < 1.29 is 0 Å². The molecule has 17 heavy (non-hydrogen) atoms. The summed E-state index contributed by atoms with van der Waals surface area (Å²) >= 11 is 0. The molecular weight excluding hydrogens is 210 g/mol. The summed E-state index contributed by atoms with van der Waals surface area (Å²) in [6.45, 7) is 1.01. The molecule has 0 amide bonds. The van der Waals surface area contributed by atoms with Crippen LogP contribution in [0.1, 0.15) is 37.9 Å². The summed E-state index contributed by atoms with van der Waals surface area (Å²) < 4.78 is 2.09. The zero-order valence-corrected chi connectivity index (χ0v) is 10.7. The average molecular weight is 233 g/mol. The van der Waals surface area contributed by atoms with Crippen LogP contribution in [0.2, 0.25) is 0 Å². The SMILES string of the molecule is Cn1ccnc1CCNC1/C=C/CCCCC1. The van der Waals surface area contributed by atoms with Crippen LogP contribution in [-0.2, 0) is 13.5 Å². The first-order valence-corrected chi connectivity index (χ1v) is 6.72. The highest BCUT2D eigenvalue weighted by molar-refractivity contribution is 4.96. The van der Waals surface area contributed by atoms with Gasteiger partial charge in [-0.3, -0.25) is 0 Å². The molecule has 2 rings (SSSR count). The summed E-state index contributed by atoms with van der Waals surface area (Å²) in [6.07, 6.45) is 16.2. The van der Waals surface area contributed by atoms with Crippen molar-refractivity contribution in [2.24, 2.45) is 7.05 Å². The van der Waals surface area contributed by atoms with Crippen LogP contribution in [0.5, 0.6) is 0 Å². The molecule has 1 atom stereocenters. The molecule has 0 saturated carbocycles. The number of nitrogens with one attached hydrogen (secondary N) is 1. The molecule has 0 spiro atoms. The van der Waals surface area contributed by atoms with Crippen LogP contribution < -0.4 is 5.32 Å². The number of nitrogens with zero attached hydrogens (tertiary/aromatic N) is 2. The highest BCUT2D eigenvalue weighted by atomic mass is 15.0. The largest absolute Gasteiger partial charge is 0.338 e. The molecule has 0 bridgehead atoms. The highest BCUT2D eigenvalue weighted by Crippen LogP contribution is 2.11. The highest BCUT2D eigenvalue weighted by Gasteiger charge is 2.06. The second-order valence-corrected chi connectivity index (χ2v) is 4.83. The van der Waals surface area contributed by atoms with E-state index in [-0.39, 0.29) is 0 Å². The van der Waals surface area contributed by atoms with Gasteiger partial charge in [0.05, 0.1) is 0 Å². The molecule has 0 aromatic carbocycles. The van der Waals surface area contributed by atoms with Crippen LogP contribution >= 0.6 is 0 Å². The molecule has 1 aliphatic carbocycles. The smallest absolute Gasteiger partial charge is 0.109 e. The Kier molecular flexibility index (Phi) is 4.80. The first kappa shape index (κ1) is 12.4. The molecule has 0 saturated heterocycles. The van der Waals surface area contributed by atoms with E-state index >= 15 is 0 Å². The Bertz CT molecular complexity index is 354. The first-order chi connectivity index (χ1) is 8.36. The molecule has 1 heterocycles. The third-order valence-corrected chi connectivity index (χ3v) is 3.43. The fourth-order valence-corrected chi connectivity index (χ4v) is 2.34. The van der Waals surface area contributed by atoms with Crippen molar-refractivity contribution in [2.45, 2.75) is 44.6 Å². The maximum Gasteiger partial charge on any atom is 0.109 e. The van der Waals surface area contributed by atoms with E-state index in [1.54, 1.807) is 0 Å². The van der Waals surface area contributed by atoms with Gasteiger partial charge in [-0.1, -0.05) is 25.0 Å². The second kappa shape index (κ2) is 6.60. The lowest BCUT2D eigenvalue weighted by Gasteiger charge is -2.16. The molecule has 1 aliphatic rings. The number of aromatic nitrogens is 2. The van der Waals surface area contributed by atoms with E-state index in [4.69, 9.17) is 0 Å². The van der Waals surface area contributed by atoms with Gasteiger partial charge in [0.25, 0.3) is 0 Å². The molecule has 0 fully saturated rings. The Morgan fingerprint density at radius 3 is 3.18 bits per heavy atom. The maximum atomic E-state index is 4.34. The van der Waals surface area contributed by atoms with Crippen molar-refractivity contribution >= 4 is 0 Å². The van der Waals surface area contributed by atoms with Gasteiger partial charge in [0.15, 0.2) is 0 Å². The molecule has 1 unspecified atom stereocenters. The molecule has 1 N–H and O–H groups in total. The molecule has 1 aromatic heterocycles. The van der Waals surface area contributed by atoms with E-state index in [1.807, 2.05) is 12.4 Å². The number of rotatable bonds is 4. The van der Waals surface area contributed by atoms with E-state index in [0.29, 0.717) is 6.04 Å². The maximum absolute atomic E-state index is 4.34. The van der Waals surface area contributed by atoms with Gasteiger partial charge in [-0.15, -0.1) is 0 Å². The van der Waals surface area contributed by atoms with Gasteiger partial charge in [0, 0.05) is 38.4 Å². The summed E-state index contributed by atoms with van der Waals surface area (Å²) in [6, 6.07) is 0.565. The normalized spacial score (nSPS) is 23.0. The predicted molar refractivity (Wildman–Crippen MR) is 70.9 cm³/mol. The van der Waals surface area contributed by atoms with Gasteiger partial charge in [0.1, 0.15) is 5.82 Å². The minimum atomic E-state index is 0.565. The van der Waals surface area contributed by atoms with Crippen LogP contribution in [0, 0.1) is 0 Å². The number of allylic oxidation sites excluding steroid dienone is 1. The first-order valence-electron chi connectivity index (χ1n) is 6.72. The lowest BCUT2D eigenvalue weighted by Crippen LogP contribution is -2.30. The summed E-state index contributed by atoms with van der Waals surface area (Å²) in [5.41, 5.74) is 0. The summed E-state index contributed by atoms with van der Waals surface area (Å²) in [4.78, 5) is 4.34. The third kappa shape index (κ3) is 4.00. The van der Waals surface area contributed by atoms with Gasteiger partial charge < -0.3 is 9.88 Å². The zero-order valence-electron chi connectivity index (χ0n) is 10.7. The fraction of sp³-hybridized carbons (Fsp3) is 0.643. The minimum absolute atomic E-state index is 0.565. The van der Waals surface area contributed by atoms with Crippen molar-refractivity contribution in [1.29, 1.82) is 0 Å². The quantitative estimate of drug-likeness (QED) is 0.810. The van der Waals surface area contributed by atoms with E-state index in [1.165, 1.54) is 32.1 Å². The van der Waals surface area contributed by atoms with Crippen molar-refractivity contribution in [3.63, 3.8) is 0 Å².